The highest BCUT2D eigenvalue weighted by Crippen LogP contribution is 2.10. The molecule has 0 aliphatic carbocycles. The van der Waals surface area contributed by atoms with Gasteiger partial charge in [-0.2, -0.15) is 5.10 Å². The van der Waals surface area contributed by atoms with Crippen LogP contribution in [0.4, 0.5) is 0 Å². The average Bonchev–Trinajstić information content (AvgIpc) is 2.55. The second kappa shape index (κ2) is 4.00. The van der Waals surface area contributed by atoms with Crippen molar-refractivity contribution >= 4 is 17.7 Å². The summed E-state index contributed by atoms with van der Waals surface area (Å²) in [7, 11) is 1.71. The van der Waals surface area contributed by atoms with Gasteiger partial charge in [0.05, 0.1) is 11.3 Å². The molecule has 1 fully saturated rings. The van der Waals surface area contributed by atoms with Crippen molar-refractivity contribution in [1.29, 1.82) is 0 Å². The minimum atomic E-state index is -0.462. The minimum Gasteiger partial charge on any atom is -0.320 e. The summed E-state index contributed by atoms with van der Waals surface area (Å²) in [6, 6.07) is 0. The van der Waals surface area contributed by atoms with Crippen molar-refractivity contribution in [1.82, 2.24) is 20.0 Å². The highest BCUT2D eigenvalue weighted by atomic mass is 16.2. The molecule has 1 N–H and O–H groups in total. The van der Waals surface area contributed by atoms with E-state index in [-0.39, 0.29) is 19.0 Å². The first-order chi connectivity index (χ1) is 7.97. The van der Waals surface area contributed by atoms with E-state index in [1.165, 1.54) is 9.58 Å². The van der Waals surface area contributed by atoms with Crippen LogP contribution in [0.2, 0.25) is 0 Å². The number of hydrogen-bond donors (Lipinski definition) is 1. The van der Waals surface area contributed by atoms with E-state index in [4.69, 9.17) is 0 Å². The maximum atomic E-state index is 12.1. The molecular formula is C10H12N4O3. The lowest BCUT2D eigenvalue weighted by molar-refractivity contribution is -0.135. The van der Waals surface area contributed by atoms with Crippen molar-refractivity contribution in [2.45, 2.75) is 6.92 Å². The third-order valence-electron chi connectivity index (χ3n) is 2.48. The largest absolute Gasteiger partial charge is 0.320 e. The van der Waals surface area contributed by atoms with E-state index in [0.29, 0.717) is 11.3 Å². The number of imide groups is 1. The number of rotatable bonds is 1. The molecule has 1 saturated heterocycles. The average molecular weight is 236 g/mol. The Bertz CT molecular complexity index is 490. The van der Waals surface area contributed by atoms with Gasteiger partial charge in [0.15, 0.2) is 0 Å². The normalized spacial score (nSPS) is 16.0. The van der Waals surface area contributed by atoms with Gasteiger partial charge >= 0.3 is 0 Å². The van der Waals surface area contributed by atoms with E-state index in [0.717, 1.165) is 0 Å². The molecule has 0 bridgehead atoms. The fourth-order valence-electron chi connectivity index (χ4n) is 1.76. The van der Waals surface area contributed by atoms with Gasteiger partial charge in [-0.15, -0.1) is 0 Å². The van der Waals surface area contributed by atoms with Crippen LogP contribution in [-0.4, -0.2) is 45.5 Å². The van der Waals surface area contributed by atoms with Crippen LogP contribution in [0.5, 0.6) is 0 Å². The molecule has 17 heavy (non-hydrogen) atoms. The van der Waals surface area contributed by atoms with E-state index in [2.05, 4.69) is 10.4 Å². The summed E-state index contributed by atoms with van der Waals surface area (Å²) in [5.74, 6) is -1.27. The fraction of sp³-hybridized carbons (Fsp3) is 0.400. The van der Waals surface area contributed by atoms with Gasteiger partial charge < -0.3 is 4.90 Å². The van der Waals surface area contributed by atoms with E-state index >= 15 is 0 Å². The summed E-state index contributed by atoms with van der Waals surface area (Å²) in [5, 5.41) is 6.19. The summed E-state index contributed by atoms with van der Waals surface area (Å²) >= 11 is 0. The standard InChI is InChI=1S/C10H12N4O3/c1-6-7(3-13(2)12-6)10(17)14-4-8(15)11-9(16)5-14/h3H,4-5H2,1-2H3,(H,11,15,16). The molecule has 0 aromatic carbocycles. The number of nitrogens with one attached hydrogen (secondary N) is 1. The Labute approximate surface area is 97.4 Å². The van der Waals surface area contributed by atoms with Crippen molar-refractivity contribution < 1.29 is 14.4 Å². The van der Waals surface area contributed by atoms with Crippen LogP contribution >= 0.6 is 0 Å². The molecule has 0 spiro atoms. The SMILES string of the molecule is Cc1nn(C)cc1C(=O)N1CC(=O)NC(=O)C1. The van der Waals surface area contributed by atoms with Gasteiger partial charge in [0.2, 0.25) is 11.8 Å². The smallest absolute Gasteiger partial charge is 0.258 e. The number of amides is 3. The fourth-order valence-corrected chi connectivity index (χ4v) is 1.76. The first-order valence-electron chi connectivity index (χ1n) is 5.09. The molecule has 7 heteroatoms. The van der Waals surface area contributed by atoms with E-state index < -0.39 is 11.8 Å². The summed E-state index contributed by atoms with van der Waals surface area (Å²) in [6.07, 6.45) is 1.58. The molecule has 0 unspecified atom stereocenters. The molecular weight excluding hydrogens is 224 g/mol. The van der Waals surface area contributed by atoms with E-state index in [1.807, 2.05) is 0 Å². The van der Waals surface area contributed by atoms with E-state index in [1.54, 1.807) is 20.2 Å². The number of piperazine rings is 1. The first kappa shape index (κ1) is 11.3. The Morgan fingerprint density at radius 2 is 1.94 bits per heavy atom. The second-order valence-electron chi connectivity index (χ2n) is 3.93. The van der Waals surface area contributed by atoms with Gasteiger partial charge in [-0.05, 0) is 6.92 Å². The zero-order valence-electron chi connectivity index (χ0n) is 9.56. The molecule has 2 heterocycles. The topological polar surface area (TPSA) is 84.3 Å². The predicted octanol–water partition coefficient (Wildman–Crippen LogP) is -1.17. The molecule has 7 nitrogen and oxygen atoms in total. The van der Waals surface area contributed by atoms with Crippen molar-refractivity contribution in [2.24, 2.45) is 7.05 Å². The molecule has 0 radical (unpaired) electrons. The van der Waals surface area contributed by atoms with Crippen LogP contribution in [0.1, 0.15) is 16.1 Å². The molecule has 1 aromatic heterocycles. The Balaban J connectivity index is 2.23. The lowest BCUT2D eigenvalue weighted by atomic mass is 10.2. The monoisotopic (exact) mass is 236 g/mol. The Kier molecular flexibility index (Phi) is 2.66. The van der Waals surface area contributed by atoms with Gasteiger partial charge in [0.25, 0.3) is 5.91 Å². The molecule has 1 aliphatic heterocycles. The predicted molar refractivity (Wildman–Crippen MR) is 57.0 cm³/mol. The lowest BCUT2D eigenvalue weighted by Gasteiger charge is -2.25. The number of nitrogens with zero attached hydrogens (tertiary/aromatic N) is 3. The quantitative estimate of drug-likeness (QED) is 0.622. The first-order valence-corrected chi connectivity index (χ1v) is 5.09. The van der Waals surface area contributed by atoms with Gasteiger partial charge in [0, 0.05) is 13.2 Å². The number of aromatic nitrogens is 2. The van der Waals surface area contributed by atoms with Crippen molar-refractivity contribution in [2.75, 3.05) is 13.1 Å². The van der Waals surface area contributed by atoms with Crippen LogP contribution < -0.4 is 5.32 Å². The highest BCUT2D eigenvalue weighted by molar-refractivity contribution is 6.05. The molecule has 2 rings (SSSR count). The van der Waals surface area contributed by atoms with E-state index in [9.17, 15) is 14.4 Å². The zero-order valence-corrected chi connectivity index (χ0v) is 9.56. The van der Waals surface area contributed by atoms with Crippen LogP contribution in [0.3, 0.4) is 0 Å². The molecule has 1 aliphatic rings. The lowest BCUT2D eigenvalue weighted by Crippen LogP contribution is -2.53. The third-order valence-corrected chi connectivity index (χ3v) is 2.48. The van der Waals surface area contributed by atoms with Crippen LogP contribution in [0.15, 0.2) is 6.20 Å². The Morgan fingerprint density at radius 1 is 1.35 bits per heavy atom. The number of carbonyl (C=O) groups is 3. The maximum absolute atomic E-state index is 12.1. The van der Waals surface area contributed by atoms with Gasteiger partial charge in [-0.1, -0.05) is 0 Å². The molecule has 0 saturated carbocycles. The maximum Gasteiger partial charge on any atom is 0.258 e. The molecule has 90 valence electrons. The van der Waals surface area contributed by atoms with Crippen molar-refractivity contribution in [3.8, 4) is 0 Å². The van der Waals surface area contributed by atoms with Gasteiger partial charge in [-0.25, -0.2) is 0 Å². The number of aryl methyl sites for hydroxylation is 2. The van der Waals surface area contributed by atoms with Crippen LogP contribution in [0, 0.1) is 6.92 Å². The summed E-state index contributed by atoms with van der Waals surface area (Å²) < 4.78 is 1.52. The van der Waals surface area contributed by atoms with Crippen LogP contribution in [0.25, 0.3) is 0 Å². The van der Waals surface area contributed by atoms with Crippen molar-refractivity contribution in [3.63, 3.8) is 0 Å². The molecule has 3 amide bonds. The highest BCUT2D eigenvalue weighted by Gasteiger charge is 2.28. The summed E-state index contributed by atoms with van der Waals surface area (Å²) in [4.78, 5) is 35.6. The Hall–Kier alpha value is -2.18. The number of hydrogen-bond acceptors (Lipinski definition) is 4. The Morgan fingerprint density at radius 3 is 2.41 bits per heavy atom. The molecule has 0 atom stereocenters. The minimum absolute atomic E-state index is 0.0983. The second-order valence-corrected chi connectivity index (χ2v) is 3.93. The van der Waals surface area contributed by atoms with Gasteiger partial charge in [-0.3, -0.25) is 24.4 Å². The summed E-state index contributed by atoms with van der Waals surface area (Å²) in [5.41, 5.74) is 0.992. The van der Waals surface area contributed by atoms with Gasteiger partial charge in [0.1, 0.15) is 13.1 Å². The zero-order chi connectivity index (χ0) is 12.6. The third kappa shape index (κ3) is 2.17. The molecule has 1 aromatic rings. The van der Waals surface area contributed by atoms with Crippen LogP contribution in [-0.2, 0) is 16.6 Å². The summed E-state index contributed by atoms with van der Waals surface area (Å²) in [6.45, 7) is 1.51. The van der Waals surface area contributed by atoms with Crippen molar-refractivity contribution in [3.05, 3.63) is 17.5 Å². The number of carbonyl (C=O) groups excluding carboxylic acids is 3.